The van der Waals surface area contributed by atoms with E-state index in [9.17, 15) is 52.7 Å². The van der Waals surface area contributed by atoms with Crippen molar-refractivity contribution in [1.82, 2.24) is 9.97 Å². The molecule has 0 radical (unpaired) electrons. The average Bonchev–Trinajstić information content (AvgIpc) is 3.14. The molecule has 0 fully saturated rings. The van der Waals surface area contributed by atoms with Gasteiger partial charge in [0.25, 0.3) is 0 Å². The highest BCUT2D eigenvalue weighted by atomic mass is 35.5. The Bertz CT molecular complexity index is 2270. The van der Waals surface area contributed by atoms with Gasteiger partial charge in [0.1, 0.15) is 17.5 Å². The van der Waals surface area contributed by atoms with Gasteiger partial charge in [-0.3, -0.25) is 9.97 Å². The Morgan fingerprint density at radius 2 is 0.755 bits per heavy atom. The fourth-order valence-electron chi connectivity index (χ4n) is 5.60. The molecule has 6 aromatic rings. The molecular formula is C37H16ClF13N2. The van der Waals surface area contributed by atoms with E-state index in [-0.39, 0.29) is 28.3 Å². The first kappa shape index (κ1) is 37.3. The maximum atomic E-state index is 15.8. The smallest absolute Gasteiger partial charge is 0.200 e. The molecule has 0 aliphatic rings. The maximum Gasteiger partial charge on any atom is 0.200 e. The molecule has 0 N–H and O–H groups in total. The fourth-order valence-corrected chi connectivity index (χ4v) is 5.95. The zero-order valence-electron chi connectivity index (χ0n) is 26.5. The lowest BCUT2D eigenvalue weighted by molar-refractivity contribution is 0.380. The monoisotopic (exact) mass is 770 g/mol. The van der Waals surface area contributed by atoms with E-state index in [1.54, 1.807) is 13.8 Å². The van der Waals surface area contributed by atoms with E-state index >= 15 is 4.39 Å². The number of aromatic nitrogens is 2. The maximum absolute atomic E-state index is 15.8. The number of hydrogen-bond donors (Lipinski definition) is 0. The molecule has 53 heavy (non-hydrogen) atoms. The van der Waals surface area contributed by atoms with Crippen molar-refractivity contribution >= 4 is 11.6 Å². The van der Waals surface area contributed by atoms with Crippen LogP contribution >= 0.6 is 11.6 Å². The molecule has 0 saturated carbocycles. The number of rotatable bonds is 6. The first-order chi connectivity index (χ1) is 24.9. The van der Waals surface area contributed by atoms with Gasteiger partial charge in [-0.2, -0.15) is 0 Å². The summed E-state index contributed by atoms with van der Waals surface area (Å²) in [5, 5.41) is -0.757. The van der Waals surface area contributed by atoms with E-state index in [1.807, 2.05) is 0 Å². The molecule has 0 atom stereocenters. The third-order valence-electron chi connectivity index (χ3n) is 8.43. The van der Waals surface area contributed by atoms with Crippen molar-refractivity contribution in [2.75, 3.05) is 0 Å². The molecule has 16 heteroatoms. The Morgan fingerprint density at radius 3 is 1.21 bits per heavy atom. The molecule has 0 bridgehead atoms. The number of halogens is 14. The first-order valence-electron chi connectivity index (χ1n) is 14.8. The molecule has 0 amide bonds. The highest BCUT2D eigenvalue weighted by Crippen LogP contribution is 2.43. The molecule has 0 spiro atoms. The average molecular weight is 771 g/mol. The number of nitrogens with zero attached hydrogens (tertiary/aromatic N) is 2. The summed E-state index contributed by atoms with van der Waals surface area (Å²) in [7, 11) is 0. The highest BCUT2D eigenvalue weighted by Gasteiger charge is 2.33. The van der Waals surface area contributed by atoms with Crippen LogP contribution in [0.1, 0.15) is 25.2 Å². The third kappa shape index (κ3) is 5.96. The lowest BCUT2D eigenvalue weighted by Crippen LogP contribution is -2.22. The Hall–Kier alpha value is -5.44. The number of hydrogen-bond acceptors (Lipinski definition) is 2. The zero-order chi connectivity index (χ0) is 38.8. The van der Waals surface area contributed by atoms with Crippen molar-refractivity contribution in [1.29, 1.82) is 0 Å². The summed E-state index contributed by atoms with van der Waals surface area (Å²) in [6.07, 6.45) is 0. The Balaban J connectivity index is 1.44. The van der Waals surface area contributed by atoms with E-state index in [4.69, 9.17) is 11.6 Å². The van der Waals surface area contributed by atoms with Gasteiger partial charge in [0.15, 0.2) is 46.5 Å². The second-order valence-corrected chi connectivity index (χ2v) is 12.3. The van der Waals surface area contributed by atoms with Crippen LogP contribution in [0.3, 0.4) is 0 Å². The molecule has 2 heterocycles. The van der Waals surface area contributed by atoms with Gasteiger partial charge in [-0.25, -0.2) is 57.1 Å². The second kappa shape index (κ2) is 13.5. The van der Waals surface area contributed by atoms with Crippen LogP contribution in [0.5, 0.6) is 0 Å². The lowest BCUT2D eigenvalue weighted by Gasteiger charge is -2.25. The molecule has 0 saturated heterocycles. The lowest BCUT2D eigenvalue weighted by atomic mass is 9.84. The van der Waals surface area contributed by atoms with Crippen molar-refractivity contribution in [2.24, 2.45) is 0 Å². The van der Waals surface area contributed by atoms with E-state index in [0.717, 1.165) is 12.1 Å². The number of benzene rings is 4. The third-order valence-corrected chi connectivity index (χ3v) is 8.83. The van der Waals surface area contributed by atoms with Crippen molar-refractivity contribution in [3.63, 3.8) is 0 Å². The summed E-state index contributed by atoms with van der Waals surface area (Å²) in [6.45, 7) is 3.14. The van der Waals surface area contributed by atoms with E-state index in [0.29, 0.717) is 12.1 Å². The summed E-state index contributed by atoms with van der Waals surface area (Å²) in [6, 6.07) is 11.3. The highest BCUT2D eigenvalue weighted by molar-refractivity contribution is 6.36. The fraction of sp³-hybridized carbons (Fsp3) is 0.0811. The molecule has 2 nitrogen and oxygen atoms in total. The van der Waals surface area contributed by atoms with Gasteiger partial charge in [-0.05, 0) is 62.4 Å². The van der Waals surface area contributed by atoms with Crippen molar-refractivity contribution < 1.29 is 57.1 Å². The predicted molar refractivity (Wildman–Crippen MR) is 167 cm³/mol. The Labute approximate surface area is 295 Å². The zero-order valence-corrected chi connectivity index (χ0v) is 27.2. The van der Waals surface area contributed by atoms with Crippen LogP contribution in [-0.2, 0) is 5.41 Å². The molecule has 6 rings (SSSR count). The number of pyridine rings is 2. The van der Waals surface area contributed by atoms with Crippen LogP contribution in [0.25, 0.3) is 44.8 Å². The molecule has 0 unspecified atom stereocenters. The summed E-state index contributed by atoms with van der Waals surface area (Å²) >= 11 is 6.34. The van der Waals surface area contributed by atoms with E-state index in [1.165, 1.54) is 36.4 Å². The molecule has 272 valence electrons. The first-order valence-corrected chi connectivity index (χ1v) is 15.2. The van der Waals surface area contributed by atoms with E-state index < -0.39 is 114 Å². The van der Waals surface area contributed by atoms with Crippen LogP contribution < -0.4 is 0 Å². The van der Waals surface area contributed by atoms with Gasteiger partial charge in [-0.15, -0.1) is 0 Å². The van der Waals surface area contributed by atoms with Gasteiger partial charge in [0, 0.05) is 22.1 Å². The summed E-state index contributed by atoms with van der Waals surface area (Å²) in [5.74, 6) is -28.8. The quantitative estimate of drug-likeness (QED) is 0.0958. The SMILES string of the molecule is CC(C)(c1cccc(-c2ccc(F)c(-c3c(F)c(F)c(F)c(F)c3F)c2F)n1)c1cccc(-c2ccc(F)c(-c3c(F)c(F)c(F)c(F)c3F)c2Cl)n1. The van der Waals surface area contributed by atoms with Crippen molar-refractivity contribution in [3.05, 3.63) is 153 Å². The summed E-state index contributed by atoms with van der Waals surface area (Å²) in [4.78, 5) is 8.87. The summed E-state index contributed by atoms with van der Waals surface area (Å²) < 4.78 is 188. The van der Waals surface area contributed by atoms with Crippen LogP contribution in [0, 0.1) is 75.6 Å². The van der Waals surface area contributed by atoms with Crippen molar-refractivity contribution in [2.45, 2.75) is 19.3 Å². The van der Waals surface area contributed by atoms with Gasteiger partial charge >= 0.3 is 0 Å². The van der Waals surface area contributed by atoms with E-state index in [2.05, 4.69) is 9.97 Å². The molecule has 2 aromatic heterocycles. The normalized spacial score (nSPS) is 11.8. The second-order valence-electron chi connectivity index (χ2n) is 11.9. The Morgan fingerprint density at radius 1 is 0.396 bits per heavy atom. The van der Waals surface area contributed by atoms with Gasteiger partial charge in [-0.1, -0.05) is 23.7 Å². The minimum Gasteiger partial charge on any atom is -0.252 e. The van der Waals surface area contributed by atoms with Gasteiger partial charge < -0.3 is 0 Å². The topological polar surface area (TPSA) is 25.8 Å². The van der Waals surface area contributed by atoms with Crippen molar-refractivity contribution in [3.8, 4) is 44.8 Å². The Kier molecular flexibility index (Phi) is 9.52. The minimum atomic E-state index is -2.53. The van der Waals surface area contributed by atoms with Gasteiger partial charge in [0.2, 0.25) is 11.6 Å². The largest absolute Gasteiger partial charge is 0.252 e. The van der Waals surface area contributed by atoms with Crippen LogP contribution in [0.15, 0.2) is 60.7 Å². The van der Waals surface area contributed by atoms with Crippen LogP contribution in [0.4, 0.5) is 57.1 Å². The molecule has 0 aliphatic heterocycles. The molecular weight excluding hydrogens is 755 g/mol. The molecule has 4 aromatic carbocycles. The standard InChI is InChI=1S/C37H16ClF13N2/c1-37(2,19-7-3-5-17(52-19)13-9-11-15(39)21(25(13)38)23-27(42)31(46)35(50)32(47)28(23)43)20-8-4-6-18(53-20)14-10-12-16(40)22(26(14)41)24-29(44)33(48)36(51)34(49)30(24)45/h3-12H,1-2H3. The van der Waals surface area contributed by atoms with Gasteiger partial charge in [0.05, 0.1) is 44.5 Å². The predicted octanol–water partition coefficient (Wildman–Crippen LogP) is 11.9. The van der Waals surface area contributed by atoms with Crippen LogP contribution in [-0.4, -0.2) is 9.97 Å². The summed E-state index contributed by atoms with van der Waals surface area (Å²) in [5.41, 5.74) is -8.23. The van der Waals surface area contributed by atoms with Crippen LogP contribution in [0.2, 0.25) is 5.02 Å². The minimum absolute atomic E-state index is 0.0705. The molecule has 0 aliphatic carbocycles.